The van der Waals surface area contributed by atoms with Crippen LogP contribution in [0.5, 0.6) is 0 Å². The monoisotopic (exact) mass is 479 g/mol. The van der Waals surface area contributed by atoms with Gasteiger partial charge in [-0.15, -0.1) is 0 Å². The van der Waals surface area contributed by atoms with E-state index in [9.17, 15) is 23.5 Å². The van der Waals surface area contributed by atoms with Crippen molar-refractivity contribution in [2.24, 2.45) is 0 Å². The number of amides is 1. The molecular weight excluding hydrogens is 448 g/mol. The summed E-state index contributed by atoms with van der Waals surface area (Å²) in [4.78, 5) is 27.5. The van der Waals surface area contributed by atoms with Crippen molar-refractivity contribution in [2.75, 3.05) is 32.2 Å². The van der Waals surface area contributed by atoms with Crippen LogP contribution >= 0.6 is 0 Å². The van der Waals surface area contributed by atoms with E-state index in [0.717, 1.165) is 12.3 Å². The minimum atomic E-state index is -3.76. The number of hydrogen-bond donors (Lipinski definition) is 2. The molecule has 0 spiro atoms. The molecule has 32 heavy (non-hydrogen) atoms. The average molecular weight is 480 g/mol. The molecule has 0 unspecified atom stereocenters. The molecule has 2 heterocycles. The molecule has 1 aromatic rings. The summed E-state index contributed by atoms with van der Waals surface area (Å²) in [6.45, 7) is 9.81. The van der Waals surface area contributed by atoms with Crippen LogP contribution in [0.15, 0.2) is 17.1 Å². The molecule has 0 aromatic carbocycles. The molecule has 10 nitrogen and oxygen atoms in total. The number of carbonyl (C=O) groups is 1. The molecule has 1 aromatic heterocycles. The number of nitrogens with one attached hydrogen (secondary N) is 1. The fourth-order valence-corrected chi connectivity index (χ4v) is 3.65. The van der Waals surface area contributed by atoms with E-state index in [1.54, 1.807) is 0 Å². The van der Waals surface area contributed by atoms with E-state index in [0.29, 0.717) is 4.57 Å². The van der Waals surface area contributed by atoms with Crippen LogP contribution in [-0.4, -0.2) is 74.1 Å². The highest BCUT2D eigenvalue weighted by atomic mass is 28.4. The van der Waals surface area contributed by atoms with E-state index >= 15 is 0 Å². The molecule has 1 aliphatic rings. The van der Waals surface area contributed by atoms with E-state index in [1.807, 2.05) is 33.9 Å². The SMILES string of the molecule is COCCOC(=O)Nc1ccn([C@@H]2O[C@H](CO[Si](C)(C)C(C)(C)C)[C@@H](O)C2(F)F)c(=O)n1. The molecule has 0 radical (unpaired) electrons. The fraction of sp³-hybridized carbons (Fsp3) is 0.737. The van der Waals surface area contributed by atoms with E-state index < -0.39 is 44.5 Å². The van der Waals surface area contributed by atoms with E-state index in [-0.39, 0.29) is 30.7 Å². The Morgan fingerprint density at radius 1 is 1.38 bits per heavy atom. The summed E-state index contributed by atoms with van der Waals surface area (Å²) in [7, 11) is -0.838. The van der Waals surface area contributed by atoms with Crippen LogP contribution in [0.2, 0.25) is 18.1 Å². The van der Waals surface area contributed by atoms with Crippen molar-refractivity contribution in [3.8, 4) is 0 Å². The number of aliphatic hydroxyl groups is 1. The third-order valence-electron chi connectivity index (χ3n) is 5.63. The maximum atomic E-state index is 14.7. The van der Waals surface area contributed by atoms with Crippen molar-refractivity contribution in [1.82, 2.24) is 9.55 Å². The molecule has 3 atom stereocenters. The number of aromatic nitrogens is 2. The van der Waals surface area contributed by atoms with Crippen LogP contribution < -0.4 is 11.0 Å². The highest BCUT2D eigenvalue weighted by molar-refractivity contribution is 6.74. The molecule has 2 N–H and O–H groups in total. The molecule has 1 saturated heterocycles. The van der Waals surface area contributed by atoms with E-state index in [4.69, 9.17) is 18.6 Å². The number of aliphatic hydroxyl groups excluding tert-OH is 1. The summed E-state index contributed by atoms with van der Waals surface area (Å²) < 4.78 is 50.8. The lowest BCUT2D eigenvalue weighted by molar-refractivity contribution is -0.140. The second-order valence-electron chi connectivity index (χ2n) is 8.97. The van der Waals surface area contributed by atoms with Crippen LogP contribution in [0.1, 0.15) is 27.0 Å². The van der Waals surface area contributed by atoms with Gasteiger partial charge in [0, 0.05) is 13.3 Å². The smallest absolute Gasteiger partial charge is 0.412 e. The highest BCUT2D eigenvalue weighted by Gasteiger charge is 2.60. The molecule has 1 fully saturated rings. The van der Waals surface area contributed by atoms with Gasteiger partial charge in [0.15, 0.2) is 14.4 Å². The van der Waals surface area contributed by atoms with Gasteiger partial charge in [-0.1, -0.05) is 20.8 Å². The molecule has 0 bridgehead atoms. The molecule has 182 valence electrons. The third kappa shape index (κ3) is 5.89. The van der Waals surface area contributed by atoms with Crippen LogP contribution in [-0.2, 0) is 18.6 Å². The van der Waals surface area contributed by atoms with Crippen molar-refractivity contribution < 1.29 is 37.3 Å². The van der Waals surface area contributed by atoms with Gasteiger partial charge >= 0.3 is 17.7 Å². The Morgan fingerprint density at radius 2 is 2.03 bits per heavy atom. The number of halogens is 2. The number of carbonyl (C=O) groups excluding carboxylic acids is 1. The summed E-state index contributed by atoms with van der Waals surface area (Å²) >= 11 is 0. The first-order chi connectivity index (χ1) is 14.7. The van der Waals surface area contributed by atoms with Gasteiger partial charge in [0.05, 0.1) is 13.2 Å². The first-order valence-electron chi connectivity index (χ1n) is 10.1. The predicted molar refractivity (Wildman–Crippen MR) is 113 cm³/mol. The summed E-state index contributed by atoms with van der Waals surface area (Å²) in [6, 6.07) is 1.14. The van der Waals surface area contributed by atoms with E-state index in [2.05, 4.69) is 10.3 Å². The number of anilines is 1. The van der Waals surface area contributed by atoms with Crippen LogP contribution in [0.3, 0.4) is 0 Å². The second-order valence-corrected chi connectivity index (χ2v) is 13.8. The van der Waals surface area contributed by atoms with Gasteiger partial charge in [-0.3, -0.25) is 9.88 Å². The maximum Gasteiger partial charge on any atom is 0.412 e. The number of methoxy groups -OCH3 is 1. The molecule has 0 saturated carbocycles. The Bertz CT molecular complexity index is 860. The number of alkyl halides is 2. The van der Waals surface area contributed by atoms with Gasteiger partial charge in [0.2, 0.25) is 6.23 Å². The van der Waals surface area contributed by atoms with Crippen LogP contribution in [0, 0.1) is 0 Å². The Hall–Kier alpha value is -1.93. The van der Waals surface area contributed by atoms with Crippen LogP contribution in [0.25, 0.3) is 0 Å². The highest BCUT2D eigenvalue weighted by Crippen LogP contribution is 2.43. The summed E-state index contributed by atoms with van der Waals surface area (Å²) in [5, 5.41) is 12.2. The Morgan fingerprint density at radius 3 is 2.59 bits per heavy atom. The molecule has 2 rings (SSSR count). The first kappa shape index (κ1) is 26.3. The zero-order chi connectivity index (χ0) is 24.3. The summed E-state index contributed by atoms with van der Waals surface area (Å²) in [5.41, 5.74) is -1.09. The van der Waals surface area contributed by atoms with E-state index in [1.165, 1.54) is 7.11 Å². The van der Waals surface area contributed by atoms with Crippen molar-refractivity contribution in [1.29, 1.82) is 0 Å². The minimum absolute atomic E-state index is 0.0161. The Labute approximate surface area is 186 Å². The van der Waals surface area contributed by atoms with Crippen molar-refractivity contribution in [3.63, 3.8) is 0 Å². The Balaban J connectivity index is 2.12. The quantitative estimate of drug-likeness (QED) is 0.431. The standard InChI is InChI=1S/C19H31F2N3O7Si/c1-18(2,3)32(5,6)30-11-12-14(25)19(20,21)15(31-12)24-8-7-13(22-16(24)26)23-17(27)29-10-9-28-4/h7-8,12,14-15,25H,9-11H2,1-6H3,(H,22,23,26,27)/t12-,14-,15-/m1/s1. The number of hydrogen-bond acceptors (Lipinski definition) is 8. The van der Waals surface area contributed by atoms with Crippen molar-refractivity contribution in [3.05, 3.63) is 22.7 Å². The number of ether oxygens (including phenoxy) is 3. The van der Waals surface area contributed by atoms with Gasteiger partial charge in [-0.2, -0.15) is 13.8 Å². The fourth-order valence-electron chi connectivity index (χ4n) is 2.63. The summed E-state index contributed by atoms with van der Waals surface area (Å²) in [5.74, 6) is -3.95. The molecule has 13 heteroatoms. The Kier molecular flexibility index (Phi) is 8.15. The van der Waals surface area contributed by atoms with Gasteiger partial charge in [-0.05, 0) is 24.2 Å². The normalized spacial score (nSPS) is 23.2. The van der Waals surface area contributed by atoms with Crippen molar-refractivity contribution >= 4 is 20.2 Å². The topological polar surface area (TPSA) is 121 Å². The minimum Gasteiger partial charge on any atom is -0.447 e. The van der Waals surface area contributed by atoms with Gasteiger partial charge in [0.25, 0.3) is 0 Å². The van der Waals surface area contributed by atoms with Crippen molar-refractivity contribution in [2.45, 2.75) is 63.3 Å². The molecule has 0 aliphatic carbocycles. The summed E-state index contributed by atoms with van der Waals surface area (Å²) in [6.07, 6.45) is -5.45. The zero-order valence-corrected chi connectivity index (χ0v) is 20.1. The second kappa shape index (κ2) is 9.91. The third-order valence-corrected chi connectivity index (χ3v) is 10.1. The predicted octanol–water partition coefficient (Wildman–Crippen LogP) is 2.35. The first-order valence-corrected chi connectivity index (χ1v) is 13.0. The number of nitrogens with zero attached hydrogens (tertiary/aromatic N) is 2. The zero-order valence-electron chi connectivity index (χ0n) is 19.1. The van der Waals surface area contributed by atoms with Crippen LogP contribution in [0.4, 0.5) is 19.4 Å². The lowest BCUT2D eigenvalue weighted by Gasteiger charge is -2.37. The van der Waals surface area contributed by atoms with Gasteiger partial charge in [0.1, 0.15) is 18.5 Å². The average Bonchev–Trinajstić information content (AvgIpc) is 2.89. The van der Waals surface area contributed by atoms with Gasteiger partial charge in [-0.25, -0.2) is 9.59 Å². The lowest BCUT2D eigenvalue weighted by Crippen LogP contribution is -2.45. The number of rotatable bonds is 8. The maximum absolute atomic E-state index is 14.7. The molecule has 1 aliphatic heterocycles. The molecule has 1 amide bonds. The van der Waals surface area contributed by atoms with Gasteiger partial charge < -0.3 is 23.7 Å². The molecular formula is C19H31F2N3O7Si. The largest absolute Gasteiger partial charge is 0.447 e. The lowest BCUT2D eigenvalue weighted by atomic mass is 10.1.